The van der Waals surface area contributed by atoms with Crippen LogP contribution in [0, 0.1) is 11.8 Å². The van der Waals surface area contributed by atoms with Crippen LogP contribution in [0.2, 0.25) is 0 Å². The number of aliphatic imine (C=N–C) groups is 1. The molecule has 4 nitrogen and oxygen atoms in total. The van der Waals surface area contributed by atoms with Gasteiger partial charge >= 0.3 is 0 Å². The zero-order valence-electron chi connectivity index (χ0n) is 13.0. The van der Waals surface area contributed by atoms with Crippen LogP contribution < -0.4 is 16.4 Å². The maximum atomic E-state index is 13.9. The molecule has 118 valence electrons. The van der Waals surface area contributed by atoms with E-state index in [1.54, 1.807) is 0 Å². The summed E-state index contributed by atoms with van der Waals surface area (Å²) in [5.74, 6) is 1.52. The minimum Gasteiger partial charge on any atom is -0.370 e. The van der Waals surface area contributed by atoms with E-state index in [1.165, 1.54) is 25.5 Å². The van der Waals surface area contributed by atoms with E-state index in [0.717, 1.165) is 25.2 Å². The van der Waals surface area contributed by atoms with Crippen molar-refractivity contribution in [3.05, 3.63) is 12.0 Å². The van der Waals surface area contributed by atoms with Crippen molar-refractivity contribution >= 4 is 5.96 Å². The summed E-state index contributed by atoms with van der Waals surface area (Å²) < 4.78 is 13.9. The normalized spacial score (nSPS) is 39.7. The summed E-state index contributed by atoms with van der Waals surface area (Å²) in [5.41, 5.74) is 5.99. The SMILES string of the molecule is CCC(C)NC12CC(CC3N=C(N)NC=C3F)CCC1C2. The highest BCUT2D eigenvalue weighted by molar-refractivity contribution is 5.80. The van der Waals surface area contributed by atoms with Crippen molar-refractivity contribution in [1.82, 2.24) is 10.6 Å². The van der Waals surface area contributed by atoms with E-state index < -0.39 is 0 Å². The van der Waals surface area contributed by atoms with Gasteiger partial charge < -0.3 is 16.4 Å². The fraction of sp³-hybridized carbons (Fsp3) is 0.812. The third kappa shape index (κ3) is 3.07. The first-order chi connectivity index (χ1) is 10.0. The van der Waals surface area contributed by atoms with Crippen LogP contribution in [-0.4, -0.2) is 23.6 Å². The third-order valence-corrected chi connectivity index (χ3v) is 5.48. The molecule has 0 aromatic rings. The maximum Gasteiger partial charge on any atom is 0.193 e. The molecule has 3 aliphatic rings. The largest absolute Gasteiger partial charge is 0.370 e. The number of fused-ring (bicyclic) bond motifs is 1. The zero-order chi connectivity index (χ0) is 15.0. The minimum absolute atomic E-state index is 0.189. The molecule has 0 aromatic carbocycles. The van der Waals surface area contributed by atoms with Crippen LogP contribution >= 0.6 is 0 Å². The number of hydrogen-bond acceptors (Lipinski definition) is 4. The quantitative estimate of drug-likeness (QED) is 0.730. The molecule has 2 aliphatic carbocycles. The third-order valence-electron chi connectivity index (χ3n) is 5.48. The van der Waals surface area contributed by atoms with Crippen molar-refractivity contribution in [1.29, 1.82) is 0 Å². The first kappa shape index (κ1) is 14.8. The Bertz CT molecular complexity index is 461. The predicted molar refractivity (Wildman–Crippen MR) is 83.4 cm³/mol. The van der Waals surface area contributed by atoms with Gasteiger partial charge in [0.05, 0.1) is 0 Å². The van der Waals surface area contributed by atoms with Gasteiger partial charge in [0.2, 0.25) is 0 Å². The topological polar surface area (TPSA) is 62.4 Å². The molecule has 5 unspecified atom stereocenters. The van der Waals surface area contributed by atoms with Gasteiger partial charge in [0, 0.05) is 17.8 Å². The van der Waals surface area contributed by atoms with Crippen molar-refractivity contribution < 1.29 is 4.39 Å². The number of hydrogen-bond donors (Lipinski definition) is 3. The number of rotatable bonds is 5. The van der Waals surface area contributed by atoms with Gasteiger partial charge in [-0.2, -0.15) is 0 Å². The van der Waals surface area contributed by atoms with Gasteiger partial charge in [0.15, 0.2) is 5.96 Å². The smallest absolute Gasteiger partial charge is 0.193 e. The summed E-state index contributed by atoms with van der Waals surface area (Å²) in [6, 6.07) is 0.185. The van der Waals surface area contributed by atoms with Crippen LogP contribution in [0.5, 0.6) is 0 Å². The summed E-state index contributed by atoms with van der Waals surface area (Å²) in [7, 11) is 0. The summed E-state index contributed by atoms with van der Waals surface area (Å²) in [4.78, 5) is 4.22. The Morgan fingerprint density at radius 1 is 1.52 bits per heavy atom. The molecule has 1 heterocycles. The van der Waals surface area contributed by atoms with Gasteiger partial charge in [0.25, 0.3) is 0 Å². The number of nitrogens with one attached hydrogen (secondary N) is 2. The lowest BCUT2D eigenvalue weighted by molar-refractivity contribution is 0.236. The molecule has 3 rings (SSSR count). The molecular weight excluding hydrogens is 267 g/mol. The van der Waals surface area contributed by atoms with E-state index in [-0.39, 0.29) is 11.9 Å². The van der Waals surface area contributed by atoms with Crippen molar-refractivity contribution in [2.45, 2.75) is 70.0 Å². The van der Waals surface area contributed by atoms with Gasteiger partial charge in [-0.25, -0.2) is 9.38 Å². The molecule has 0 spiro atoms. The van der Waals surface area contributed by atoms with Crippen LogP contribution in [0.4, 0.5) is 4.39 Å². The molecule has 4 N–H and O–H groups in total. The summed E-state index contributed by atoms with van der Waals surface area (Å²) in [6.07, 6.45) is 8.21. The van der Waals surface area contributed by atoms with E-state index in [4.69, 9.17) is 5.73 Å². The first-order valence-electron chi connectivity index (χ1n) is 8.25. The lowest BCUT2D eigenvalue weighted by Crippen LogP contribution is -2.43. The van der Waals surface area contributed by atoms with Crippen molar-refractivity contribution in [3.63, 3.8) is 0 Å². The number of nitrogens with two attached hydrogens (primary N) is 1. The molecule has 0 radical (unpaired) electrons. The average molecular weight is 294 g/mol. The molecule has 0 amide bonds. The van der Waals surface area contributed by atoms with Crippen LogP contribution in [-0.2, 0) is 0 Å². The lowest BCUT2D eigenvalue weighted by Gasteiger charge is -2.33. The highest BCUT2D eigenvalue weighted by Gasteiger charge is 2.57. The highest BCUT2D eigenvalue weighted by Crippen LogP contribution is 2.56. The molecule has 0 saturated heterocycles. The van der Waals surface area contributed by atoms with Crippen molar-refractivity contribution in [2.24, 2.45) is 22.6 Å². The predicted octanol–water partition coefficient (Wildman–Crippen LogP) is 2.42. The average Bonchev–Trinajstić information content (AvgIpc) is 3.15. The standard InChI is InChI=1S/C16H27FN4/c1-3-10(2)21-16-7-11(4-5-12(16)8-16)6-14-13(17)9-19-15(18)20-14/h9-12,14,21H,3-8H2,1-2H3,(H3,18,19,20). The monoisotopic (exact) mass is 294 g/mol. The fourth-order valence-electron chi connectivity index (χ4n) is 4.08. The van der Waals surface area contributed by atoms with Crippen LogP contribution in [0.3, 0.4) is 0 Å². The molecule has 0 bridgehead atoms. The maximum absolute atomic E-state index is 13.9. The molecule has 5 atom stereocenters. The van der Waals surface area contributed by atoms with E-state index >= 15 is 0 Å². The summed E-state index contributed by atoms with van der Waals surface area (Å²) >= 11 is 0. The van der Waals surface area contributed by atoms with Gasteiger partial charge in [-0.3, -0.25) is 0 Å². The first-order valence-corrected chi connectivity index (χ1v) is 8.25. The lowest BCUT2D eigenvalue weighted by atomic mass is 9.81. The molecule has 2 fully saturated rings. The van der Waals surface area contributed by atoms with Crippen LogP contribution in [0.1, 0.15) is 52.4 Å². The van der Waals surface area contributed by atoms with E-state index in [9.17, 15) is 4.39 Å². The van der Waals surface area contributed by atoms with Crippen molar-refractivity contribution in [2.75, 3.05) is 0 Å². The van der Waals surface area contributed by atoms with Gasteiger partial charge in [-0.05, 0) is 57.3 Å². The Hall–Kier alpha value is -1.10. The molecule has 2 saturated carbocycles. The van der Waals surface area contributed by atoms with E-state index in [2.05, 4.69) is 29.5 Å². The molecule has 1 aliphatic heterocycles. The van der Waals surface area contributed by atoms with E-state index in [0.29, 0.717) is 23.5 Å². The van der Waals surface area contributed by atoms with Crippen molar-refractivity contribution in [3.8, 4) is 0 Å². The minimum atomic E-state index is -0.382. The number of guanidine groups is 1. The Morgan fingerprint density at radius 3 is 3.10 bits per heavy atom. The zero-order valence-corrected chi connectivity index (χ0v) is 13.0. The van der Waals surface area contributed by atoms with E-state index in [1.807, 2.05) is 0 Å². The van der Waals surface area contributed by atoms with Gasteiger partial charge in [0.1, 0.15) is 11.9 Å². The second-order valence-corrected chi connectivity index (χ2v) is 7.10. The molecular formula is C16H27FN4. The second-order valence-electron chi connectivity index (χ2n) is 7.10. The summed E-state index contributed by atoms with van der Waals surface area (Å²) in [5, 5.41) is 6.46. The molecule has 0 aromatic heterocycles. The van der Waals surface area contributed by atoms with Gasteiger partial charge in [-0.1, -0.05) is 6.92 Å². The number of nitrogens with zero attached hydrogens (tertiary/aromatic N) is 1. The fourth-order valence-corrected chi connectivity index (χ4v) is 4.08. The summed E-state index contributed by atoms with van der Waals surface area (Å²) in [6.45, 7) is 4.48. The van der Waals surface area contributed by atoms with Crippen LogP contribution in [0.25, 0.3) is 0 Å². The highest BCUT2D eigenvalue weighted by atomic mass is 19.1. The Morgan fingerprint density at radius 2 is 2.33 bits per heavy atom. The Kier molecular flexibility index (Phi) is 3.95. The Balaban J connectivity index is 1.60. The van der Waals surface area contributed by atoms with Gasteiger partial charge in [-0.15, -0.1) is 0 Å². The molecule has 5 heteroatoms. The molecule has 21 heavy (non-hydrogen) atoms. The number of halogens is 1. The van der Waals surface area contributed by atoms with Crippen LogP contribution in [0.15, 0.2) is 17.0 Å². The second kappa shape index (κ2) is 5.59. The Labute approximate surface area is 126 Å².